The van der Waals surface area contributed by atoms with Crippen molar-refractivity contribution in [2.75, 3.05) is 18.5 Å². The van der Waals surface area contributed by atoms with E-state index in [0.29, 0.717) is 12.2 Å². The zero-order valence-corrected chi connectivity index (χ0v) is 17.7. The molecule has 8 nitrogen and oxygen atoms in total. The third kappa shape index (κ3) is 6.04. The van der Waals surface area contributed by atoms with Crippen molar-refractivity contribution >= 4 is 23.2 Å². The van der Waals surface area contributed by atoms with Crippen LogP contribution in [0.15, 0.2) is 42.5 Å². The number of carbonyl (C=O) groups excluding carboxylic acids is 2. The van der Waals surface area contributed by atoms with E-state index in [1.807, 2.05) is 45.9 Å². The lowest BCUT2D eigenvalue weighted by molar-refractivity contribution is -0.384. The van der Waals surface area contributed by atoms with E-state index in [1.165, 1.54) is 29.2 Å². The van der Waals surface area contributed by atoms with Crippen LogP contribution >= 0.6 is 0 Å². The molecule has 0 aromatic heterocycles. The van der Waals surface area contributed by atoms with Gasteiger partial charge in [-0.1, -0.05) is 19.1 Å². The number of ether oxygens (including phenoxy) is 1. The summed E-state index contributed by atoms with van der Waals surface area (Å²) >= 11 is 0. The molecule has 0 fully saturated rings. The highest BCUT2D eigenvalue weighted by Crippen LogP contribution is 2.19. The van der Waals surface area contributed by atoms with Crippen molar-refractivity contribution in [2.24, 2.45) is 0 Å². The Morgan fingerprint density at radius 1 is 1.17 bits per heavy atom. The molecule has 160 valence electrons. The Balaban J connectivity index is 2.01. The lowest BCUT2D eigenvalue weighted by Gasteiger charge is -2.28. The summed E-state index contributed by atoms with van der Waals surface area (Å²) in [5.41, 5.74) is 2.71. The van der Waals surface area contributed by atoms with E-state index in [4.69, 9.17) is 4.74 Å². The Morgan fingerprint density at radius 3 is 2.43 bits per heavy atom. The van der Waals surface area contributed by atoms with Crippen LogP contribution in [0.4, 0.5) is 11.4 Å². The highest BCUT2D eigenvalue weighted by Gasteiger charge is 2.23. The molecule has 0 aliphatic rings. The lowest BCUT2D eigenvalue weighted by atomic mass is 10.1. The van der Waals surface area contributed by atoms with E-state index in [9.17, 15) is 19.7 Å². The molecule has 30 heavy (non-hydrogen) atoms. The van der Waals surface area contributed by atoms with E-state index in [-0.39, 0.29) is 36.7 Å². The van der Waals surface area contributed by atoms with Crippen LogP contribution in [0.5, 0.6) is 5.75 Å². The largest absolute Gasteiger partial charge is 0.484 e. The molecule has 0 unspecified atom stereocenters. The average molecular weight is 413 g/mol. The van der Waals surface area contributed by atoms with Crippen LogP contribution in [-0.2, 0) is 9.59 Å². The van der Waals surface area contributed by atoms with Crippen LogP contribution in [0.1, 0.15) is 31.4 Å². The van der Waals surface area contributed by atoms with Gasteiger partial charge in [0.25, 0.3) is 11.6 Å². The van der Waals surface area contributed by atoms with Crippen LogP contribution in [0.3, 0.4) is 0 Å². The molecule has 0 aliphatic heterocycles. The predicted octanol–water partition coefficient (Wildman–Crippen LogP) is 3.86. The van der Waals surface area contributed by atoms with E-state index >= 15 is 0 Å². The number of benzene rings is 2. The number of nitro benzene ring substituents is 1. The molecule has 0 spiro atoms. The third-order valence-electron chi connectivity index (χ3n) is 5.05. The highest BCUT2D eigenvalue weighted by molar-refractivity contribution is 5.95. The Labute approximate surface area is 176 Å². The maximum absolute atomic E-state index is 12.7. The fourth-order valence-corrected chi connectivity index (χ4v) is 2.83. The second-order valence-corrected chi connectivity index (χ2v) is 7.11. The van der Waals surface area contributed by atoms with Gasteiger partial charge in [0.15, 0.2) is 6.61 Å². The topological polar surface area (TPSA) is 102 Å². The van der Waals surface area contributed by atoms with Crippen molar-refractivity contribution < 1.29 is 19.2 Å². The fourth-order valence-electron chi connectivity index (χ4n) is 2.83. The number of anilines is 1. The maximum Gasteiger partial charge on any atom is 0.269 e. The van der Waals surface area contributed by atoms with Crippen molar-refractivity contribution in [3.63, 3.8) is 0 Å². The standard InChI is InChI=1S/C22H27N3O5/c1-5-16(3)24(13-21(26)23-20-8-6-7-15(2)17(20)4)22(27)14-30-19-11-9-18(10-12-19)25(28)29/h6-12,16H,5,13-14H2,1-4H3,(H,23,26)/t16-/m0/s1. The number of hydrogen-bond donors (Lipinski definition) is 1. The third-order valence-corrected chi connectivity index (χ3v) is 5.05. The first kappa shape index (κ1) is 22.9. The first-order valence-corrected chi connectivity index (χ1v) is 9.75. The molecule has 2 aromatic rings. The first-order chi connectivity index (χ1) is 14.2. The molecule has 0 heterocycles. The van der Waals surface area contributed by atoms with Gasteiger partial charge in [0.05, 0.1) is 4.92 Å². The monoisotopic (exact) mass is 413 g/mol. The zero-order chi connectivity index (χ0) is 22.3. The maximum atomic E-state index is 12.7. The molecule has 0 radical (unpaired) electrons. The lowest BCUT2D eigenvalue weighted by Crippen LogP contribution is -2.45. The second-order valence-electron chi connectivity index (χ2n) is 7.11. The predicted molar refractivity (Wildman–Crippen MR) is 115 cm³/mol. The molecule has 0 saturated carbocycles. The van der Waals surface area contributed by atoms with Gasteiger partial charge in [0.2, 0.25) is 5.91 Å². The van der Waals surface area contributed by atoms with Gasteiger partial charge in [-0.25, -0.2) is 0 Å². The minimum Gasteiger partial charge on any atom is -0.484 e. The number of amides is 2. The van der Waals surface area contributed by atoms with Gasteiger partial charge in [-0.3, -0.25) is 19.7 Å². The summed E-state index contributed by atoms with van der Waals surface area (Å²) in [6.07, 6.45) is 0.681. The Kier molecular flexibility index (Phi) is 7.91. The summed E-state index contributed by atoms with van der Waals surface area (Å²) in [4.78, 5) is 37.0. The molecular weight excluding hydrogens is 386 g/mol. The number of hydrogen-bond acceptors (Lipinski definition) is 5. The Hall–Kier alpha value is -3.42. The van der Waals surface area contributed by atoms with E-state index in [2.05, 4.69) is 5.32 Å². The number of nitrogens with one attached hydrogen (secondary N) is 1. The first-order valence-electron chi connectivity index (χ1n) is 9.75. The Morgan fingerprint density at radius 2 is 1.83 bits per heavy atom. The molecule has 2 amide bonds. The number of aryl methyl sites for hydroxylation is 1. The van der Waals surface area contributed by atoms with Crippen LogP contribution < -0.4 is 10.1 Å². The smallest absolute Gasteiger partial charge is 0.269 e. The van der Waals surface area contributed by atoms with Crippen LogP contribution in [0.2, 0.25) is 0 Å². The summed E-state index contributed by atoms with van der Waals surface area (Å²) in [7, 11) is 0. The SMILES string of the molecule is CC[C@H](C)N(CC(=O)Nc1cccc(C)c1C)C(=O)COc1ccc([N+](=O)[O-])cc1. The number of nitro groups is 1. The number of carbonyl (C=O) groups is 2. The zero-order valence-electron chi connectivity index (χ0n) is 17.7. The van der Waals surface area contributed by atoms with Crippen molar-refractivity contribution in [3.05, 3.63) is 63.7 Å². The summed E-state index contributed by atoms with van der Waals surface area (Å²) in [6.45, 7) is 7.35. The second kappa shape index (κ2) is 10.4. The molecule has 0 saturated heterocycles. The average Bonchev–Trinajstić information content (AvgIpc) is 2.73. The van der Waals surface area contributed by atoms with Gasteiger partial charge >= 0.3 is 0 Å². The molecular formula is C22H27N3O5. The van der Waals surface area contributed by atoms with Crippen LogP contribution in [0, 0.1) is 24.0 Å². The minimum absolute atomic E-state index is 0.0574. The van der Waals surface area contributed by atoms with Crippen LogP contribution in [0.25, 0.3) is 0 Å². The molecule has 2 aromatic carbocycles. The van der Waals surface area contributed by atoms with Crippen molar-refractivity contribution in [3.8, 4) is 5.75 Å². The van der Waals surface area contributed by atoms with E-state index in [1.54, 1.807) is 0 Å². The van der Waals surface area contributed by atoms with Crippen molar-refractivity contribution in [1.29, 1.82) is 0 Å². The molecule has 1 atom stereocenters. The fraction of sp³-hybridized carbons (Fsp3) is 0.364. The van der Waals surface area contributed by atoms with Gasteiger partial charge in [0.1, 0.15) is 12.3 Å². The van der Waals surface area contributed by atoms with Gasteiger partial charge in [0, 0.05) is 23.9 Å². The summed E-state index contributed by atoms with van der Waals surface area (Å²) in [5, 5.41) is 13.6. The van der Waals surface area contributed by atoms with Crippen molar-refractivity contribution in [1.82, 2.24) is 4.90 Å². The van der Waals surface area contributed by atoms with Crippen LogP contribution in [-0.4, -0.2) is 40.8 Å². The highest BCUT2D eigenvalue weighted by atomic mass is 16.6. The van der Waals surface area contributed by atoms with Crippen molar-refractivity contribution in [2.45, 2.75) is 40.2 Å². The molecule has 0 bridgehead atoms. The molecule has 1 N–H and O–H groups in total. The number of nitrogens with zero attached hydrogens (tertiary/aromatic N) is 2. The minimum atomic E-state index is -0.506. The quantitative estimate of drug-likeness (QED) is 0.497. The molecule has 8 heteroatoms. The van der Waals surface area contributed by atoms with Gasteiger partial charge < -0.3 is 15.0 Å². The van der Waals surface area contributed by atoms with E-state index < -0.39 is 4.92 Å². The van der Waals surface area contributed by atoms with E-state index in [0.717, 1.165) is 16.8 Å². The number of rotatable bonds is 9. The summed E-state index contributed by atoms with van der Waals surface area (Å²) in [5.74, 6) is -0.274. The molecule has 2 rings (SSSR count). The number of non-ortho nitro benzene ring substituents is 1. The molecule has 0 aliphatic carbocycles. The van der Waals surface area contributed by atoms with Gasteiger partial charge in [-0.2, -0.15) is 0 Å². The van der Waals surface area contributed by atoms with Gasteiger partial charge in [-0.05, 0) is 56.5 Å². The summed E-state index contributed by atoms with van der Waals surface area (Å²) < 4.78 is 5.47. The normalized spacial score (nSPS) is 11.5. The summed E-state index contributed by atoms with van der Waals surface area (Å²) in [6, 6.07) is 11.0. The van der Waals surface area contributed by atoms with Gasteiger partial charge in [-0.15, -0.1) is 0 Å². The Bertz CT molecular complexity index is 911.